The van der Waals surface area contributed by atoms with E-state index >= 15 is 0 Å². The molecule has 1 N–H and O–H groups in total. The van der Waals surface area contributed by atoms with Crippen LogP contribution in [0.25, 0.3) is 0 Å². The highest BCUT2D eigenvalue weighted by Gasteiger charge is 2.10. The van der Waals surface area contributed by atoms with Gasteiger partial charge in [-0.05, 0) is 42.7 Å². The van der Waals surface area contributed by atoms with Crippen LogP contribution in [0.1, 0.15) is 30.2 Å². The van der Waals surface area contributed by atoms with Gasteiger partial charge in [-0.1, -0.05) is 31.5 Å². The van der Waals surface area contributed by atoms with Crippen LogP contribution in [-0.2, 0) is 13.0 Å². The van der Waals surface area contributed by atoms with E-state index in [1.165, 1.54) is 5.56 Å². The number of aliphatic hydroxyl groups excluding tert-OH is 1. The van der Waals surface area contributed by atoms with Gasteiger partial charge in [0.1, 0.15) is 5.82 Å². The number of anilines is 2. The van der Waals surface area contributed by atoms with Crippen LogP contribution in [0.15, 0.2) is 36.4 Å². The minimum absolute atomic E-state index is 0.0495. The molecule has 1 heterocycles. The maximum Gasteiger partial charge on any atom is 0.133 e. The number of benzene rings is 1. The van der Waals surface area contributed by atoms with Crippen LogP contribution in [0.3, 0.4) is 0 Å². The number of nitrogens with zero attached hydrogens (tertiary/aromatic N) is 2. The van der Waals surface area contributed by atoms with Gasteiger partial charge in [0, 0.05) is 18.4 Å². The number of aryl methyl sites for hydroxylation is 2. The molecule has 0 amide bonds. The first-order chi connectivity index (χ1) is 9.65. The lowest BCUT2D eigenvalue weighted by Gasteiger charge is -2.21. The number of para-hydroxylation sites is 1. The summed E-state index contributed by atoms with van der Waals surface area (Å²) in [7, 11) is 2.02. The molecule has 0 spiro atoms. The molecule has 2 aromatic rings. The zero-order chi connectivity index (χ0) is 14.5. The number of hydrogen-bond donors (Lipinski definition) is 1. The Balaban J connectivity index is 2.40. The van der Waals surface area contributed by atoms with E-state index in [2.05, 4.69) is 30.9 Å². The van der Waals surface area contributed by atoms with Crippen molar-refractivity contribution in [3.8, 4) is 0 Å². The number of pyridine rings is 1. The lowest BCUT2D eigenvalue weighted by atomic mass is 10.1. The van der Waals surface area contributed by atoms with Crippen LogP contribution < -0.4 is 4.90 Å². The first-order valence-corrected chi connectivity index (χ1v) is 7.05. The number of aromatic nitrogens is 1. The Morgan fingerprint density at radius 2 is 1.95 bits per heavy atom. The third kappa shape index (κ3) is 3.17. The molecule has 0 saturated carbocycles. The number of aliphatic hydroxyl groups is 1. The van der Waals surface area contributed by atoms with Gasteiger partial charge in [-0.15, -0.1) is 0 Å². The average Bonchev–Trinajstić information content (AvgIpc) is 2.47. The number of hydrogen-bond acceptors (Lipinski definition) is 3. The summed E-state index contributed by atoms with van der Waals surface area (Å²) in [5.41, 5.74) is 4.30. The molecule has 1 aromatic heterocycles. The Morgan fingerprint density at radius 1 is 1.20 bits per heavy atom. The normalized spacial score (nSPS) is 10.6. The molecule has 0 aliphatic heterocycles. The van der Waals surface area contributed by atoms with Crippen molar-refractivity contribution in [3.63, 3.8) is 0 Å². The molecule has 2 rings (SSSR count). The zero-order valence-corrected chi connectivity index (χ0v) is 12.4. The van der Waals surface area contributed by atoms with Crippen LogP contribution in [0.2, 0.25) is 0 Å². The Bertz CT molecular complexity index is 581. The van der Waals surface area contributed by atoms with E-state index in [-0.39, 0.29) is 6.61 Å². The van der Waals surface area contributed by atoms with Gasteiger partial charge in [-0.3, -0.25) is 0 Å². The summed E-state index contributed by atoms with van der Waals surface area (Å²) in [6.45, 7) is 4.28. The quantitative estimate of drug-likeness (QED) is 0.901. The standard InChI is InChI=1S/C17H22N2O/c1-4-7-15-10-14(12-20)11-17(18-15)19(3)16-9-6-5-8-13(16)2/h5-6,8-11,20H,4,7,12H2,1-3H3. The SMILES string of the molecule is CCCc1cc(CO)cc(N(C)c2ccccc2C)n1. The lowest BCUT2D eigenvalue weighted by molar-refractivity contribution is 0.281. The predicted octanol–water partition coefficient (Wildman–Crippen LogP) is 3.60. The third-order valence-electron chi connectivity index (χ3n) is 3.43. The molecule has 0 radical (unpaired) electrons. The predicted molar refractivity (Wildman–Crippen MR) is 83.4 cm³/mol. The van der Waals surface area contributed by atoms with Crippen LogP contribution >= 0.6 is 0 Å². The van der Waals surface area contributed by atoms with Crippen molar-refractivity contribution < 1.29 is 5.11 Å². The average molecular weight is 270 g/mol. The van der Waals surface area contributed by atoms with E-state index in [1.54, 1.807) is 0 Å². The van der Waals surface area contributed by atoms with Crippen molar-refractivity contribution in [2.75, 3.05) is 11.9 Å². The second kappa shape index (κ2) is 6.53. The third-order valence-corrected chi connectivity index (χ3v) is 3.43. The van der Waals surface area contributed by atoms with Crippen molar-refractivity contribution in [1.82, 2.24) is 4.98 Å². The second-order valence-electron chi connectivity index (χ2n) is 5.08. The molecular weight excluding hydrogens is 248 g/mol. The molecule has 0 saturated heterocycles. The summed E-state index contributed by atoms with van der Waals surface area (Å²) in [6, 6.07) is 12.2. The highest BCUT2D eigenvalue weighted by Crippen LogP contribution is 2.26. The molecule has 3 heteroatoms. The van der Waals surface area contributed by atoms with E-state index in [0.29, 0.717) is 0 Å². The van der Waals surface area contributed by atoms with Gasteiger partial charge in [0.25, 0.3) is 0 Å². The molecule has 0 fully saturated rings. The highest BCUT2D eigenvalue weighted by atomic mass is 16.3. The van der Waals surface area contributed by atoms with Gasteiger partial charge in [-0.25, -0.2) is 4.98 Å². The Morgan fingerprint density at radius 3 is 2.60 bits per heavy atom. The highest BCUT2D eigenvalue weighted by molar-refractivity contribution is 5.63. The van der Waals surface area contributed by atoms with Crippen molar-refractivity contribution in [2.45, 2.75) is 33.3 Å². The zero-order valence-electron chi connectivity index (χ0n) is 12.4. The summed E-state index contributed by atoms with van der Waals surface area (Å²) in [4.78, 5) is 6.78. The topological polar surface area (TPSA) is 36.4 Å². The largest absolute Gasteiger partial charge is 0.392 e. The monoisotopic (exact) mass is 270 g/mol. The van der Waals surface area contributed by atoms with Gasteiger partial charge in [0.2, 0.25) is 0 Å². The van der Waals surface area contributed by atoms with Crippen LogP contribution in [0.5, 0.6) is 0 Å². The minimum atomic E-state index is 0.0495. The van der Waals surface area contributed by atoms with Gasteiger partial charge in [0.15, 0.2) is 0 Å². The van der Waals surface area contributed by atoms with E-state index < -0.39 is 0 Å². The van der Waals surface area contributed by atoms with Gasteiger partial charge in [-0.2, -0.15) is 0 Å². The van der Waals surface area contributed by atoms with Gasteiger partial charge < -0.3 is 10.0 Å². The van der Waals surface area contributed by atoms with E-state index in [4.69, 9.17) is 4.98 Å². The molecule has 0 aliphatic rings. The van der Waals surface area contributed by atoms with Crippen molar-refractivity contribution in [3.05, 3.63) is 53.2 Å². The summed E-state index contributed by atoms with van der Waals surface area (Å²) < 4.78 is 0. The molecule has 0 atom stereocenters. The summed E-state index contributed by atoms with van der Waals surface area (Å²) in [6.07, 6.45) is 1.98. The molecule has 20 heavy (non-hydrogen) atoms. The first kappa shape index (κ1) is 14.5. The smallest absolute Gasteiger partial charge is 0.133 e. The van der Waals surface area contributed by atoms with Gasteiger partial charge in [0.05, 0.1) is 6.61 Å². The molecule has 0 unspecified atom stereocenters. The fraction of sp³-hybridized carbons (Fsp3) is 0.353. The van der Waals surface area contributed by atoms with Gasteiger partial charge >= 0.3 is 0 Å². The summed E-state index contributed by atoms with van der Waals surface area (Å²) >= 11 is 0. The molecule has 3 nitrogen and oxygen atoms in total. The van der Waals surface area contributed by atoms with Crippen LogP contribution in [0.4, 0.5) is 11.5 Å². The molecule has 1 aromatic carbocycles. The molecule has 0 aliphatic carbocycles. The Hall–Kier alpha value is -1.87. The first-order valence-electron chi connectivity index (χ1n) is 7.05. The fourth-order valence-electron chi connectivity index (χ4n) is 2.34. The summed E-state index contributed by atoms with van der Waals surface area (Å²) in [5, 5.41) is 9.42. The molecule has 106 valence electrons. The maximum absolute atomic E-state index is 9.42. The van der Waals surface area contributed by atoms with Crippen LogP contribution in [0, 0.1) is 6.92 Å². The summed E-state index contributed by atoms with van der Waals surface area (Å²) in [5.74, 6) is 0.884. The van der Waals surface area contributed by atoms with E-state index in [9.17, 15) is 5.11 Å². The second-order valence-corrected chi connectivity index (χ2v) is 5.08. The van der Waals surface area contributed by atoms with Crippen molar-refractivity contribution in [2.24, 2.45) is 0 Å². The van der Waals surface area contributed by atoms with Crippen molar-refractivity contribution >= 4 is 11.5 Å². The fourth-order valence-corrected chi connectivity index (χ4v) is 2.34. The van der Waals surface area contributed by atoms with Crippen LogP contribution in [-0.4, -0.2) is 17.1 Å². The maximum atomic E-state index is 9.42. The lowest BCUT2D eigenvalue weighted by Crippen LogP contribution is -2.14. The minimum Gasteiger partial charge on any atom is -0.392 e. The molecular formula is C17H22N2O. The van der Waals surface area contributed by atoms with E-state index in [1.807, 2.05) is 31.3 Å². The van der Waals surface area contributed by atoms with Crippen molar-refractivity contribution in [1.29, 1.82) is 0 Å². The van der Waals surface area contributed by atoms with E-state index in [0.717, 1.165) is 35.6 Å². The molecule has 0 bridgehead atoms. The Kier molecular flexibility index (Phi) is 4.74. The number of rotatable bonds is 5. The Labute approximate surface area is 120 Å².